The lowest BCUT2D eigenvalue weighted by Crippen LogP contribution is -1.97. The van der Waals surface area contributed by atoms with Crippen molar-refractivity contribution in [2.75, 3.05) is 5.73 Å². The Bertz CT molecular complexity index is 609. The molecule has 0 bridgehead atoms. The van der Waals surface area contributed by atoms with Crippen molar-refractivity contribution in [3.05, 3.63) is 39.8 Å². The maximum absolute atomic E-state index is 11.1. The van der Waals surface area contributed by atoms with Gasteiger partial charge in [-0.1, -0.05) is 18.2 Å². The van der Waals surface area contributed by atoms with Gasteiger partial charge in [0.15, 0.2) is 0 Å². The third-order valence-electron chi connectivity index (χ3n) is 3.10. The average Bonchev–Trinajstić information content (AvgIpc) is 2.57. The monoisotopic (exact) mass is 261 g/mol. The maximum Gasteiger partial charge on any atom is 0.348 e. The van der Waals surface area contributed by atoms with Crippen LogP contribution < -0.4 is 5.73 Å². The quantitative estimate of drug-likeness (QED) is 0.867. The van der Waals surface area contributed by atoms with Crippen molar-refractivity contribution in [3.8, 4) is 10.4 Å². The number of aryl methyl sites for hydroxylation is 2. The first-order valence-corrected chi connectivity index (χ1v) is 6.44. The van der Waals surface area contributed by atoms with Crippen molar-refractivity contribution in [1.29, 1.82) is 0 Å². The first kappa shape index (κ1) is 12.6. The van der Waals surface area contributed by atoms with Crippen LogP contribution in [-0.4, -0.2) is 11.1 Å². The van der Waals surface area contributed by atoms with E-state index in [-0.39, 0.29) is 4.88 Å². The Morgan fingerprint density at radius 1 is 1.22 bits per heavy atom. The van der Waals surface area contributed by atoms with E-state index in [0.717, 1.165) is 27.1 Å². The zero-order chi connectivity index (χ0) is 13.4. The Morgan fingerprint density at radius 2 is 1.78 bits per heavy atom. The molecule has 0 unspecified atom stereocenters. The molecule has 0 aliphatic carbocycles. The number of anilines is 1. The standard InChI is InChI=1S/C14H15NO2S/c1-7-5-4-6-8(2)10(7)12-9(3)11(15)13(18-12)14(16)17/h4-6H,15H2,1-3H3,(H,16,17). The highest BCUT2D eigenvalue weighted by Gasteiger charge is 2.20. The molecule has 3 nitrogen and oxygen atoms in total. The molecule has 94 valence electrons. The number of nitrogens with two attached hydrogens (primary N) is 1. The number of benzene rings is 1. The van der Waals surface area contributed by atoms with Crippen molar-refractivity contribution in [1.82, 2.24) is 0 Å². The summed E-state index contributed by atoms with van der Waals surface area (Å²) in [6.07, 6.45) is 0. The van der Waals surface area contributed by atoms with Gasteiger partial charge in [0, 0.05) is 4.88 Å². The van der Waals surface area contributed by atoms with Crippen molar-refractivity contribution in [3.63, 3.8) is 0 Å². The fraction of sp³-hybridized carbons (Fsp3) is 0.214. The summed E-state index contributed by atoms with van der Waals surface area (Å²) >= 11 is 1.25. The van der Waals surface area contributed by atoms with Gasteiger partial charge in [-0.25, -0.2) is 4.79 Å². The summed E-state index contributed by atoms with van der Waals surface area (Å²) in [5.74, 6) is -0.960. The van der Waals surface area contributed by atoms with E-state index in [1.807, 2.05) is 39.0 Å². The Kier molecular flexibility index (Phi) is 3.13. The Morgan fingerprint density at radius 3 is 2.22 bits per heavy atom. The third-order valence-corrected chi connectivity index (χ3v) is 4.41. The van der Waals surface area contributed by atoms with Gasteiger partial charge in [0.2, 0.25) is 0 Å². The molecule has 0 saturated heterocycles. The van der Waals surface area contributed by atoms with Crippen LogP contribution in [0.5, 0.6) is 0 Å². The zero-order valence-electron chi connectivity index (χ0n) is 10.6. The Balaban J connectivity index is 2.73. The van der Waals surface area contributed by atoms with Gasteiger partial charge < -0.3 is 10.8 Å². The summed E-state index contributed by atoms with van der Waals surface area (Å²) in [6.45, 7) is 5.93. The molecule has 2 aromatic rings. The summed E-state index contributed by atoms with van der Waals surface area (Å²) < 4.78 is 0. The topological polar surface area (TPSA) is 63.3 Å². The molecule has 1 aromatic carbocycles. The van der Waals surface area contributed by atoms with E-state index in [0.29, 0.717) is 5.69 Å². The molecule has 1 heterocycles. The molecular weight excluding hydrogens is 246 g/mol. The van der Waals surface area contributed by atoms with Crippen LogP contribution in [0.3, 0.4) is 0 Å². The number of hydrogen-bond donors (Lipinski definition) is 2. The SMILES string of the molecule is Cc1cccc(C)c1-c1sc(C(=O)O)c(N)c1C. The predicted octanol–water partition coefficient (Wildman–Crippen LogP) is 3.62. The lowest BCUT2D eigenvalue weighted by Gasteiger charge is -2.08. The number of rotatable bonds is 2. The highest BCUT2D eigenvalue weighted by atomic mass is 32.1. The molecule has 0 aliphatic heterocycles. The predicted molar refractivity (Wildman–Crippen MR) is 75.3 cm³/mol. The van der Waals surface area contributed by atoms with Crippen LogP contribution in [0.4, 0.5) is 5.69 Å². The van der Waals surface area contributed by atoms with Gasteiger partial charge in [-0.05, 0) is 43.0 Å². The summed E-state index contributed by atoms with van der Waals surface area (Å²) in [6, 6.07) is 6.05. The molecule has 0 aliphatic rings. The lowest BCUT2D eigenvalue weighted by atomic mass is 9.99. The fourth-order valence-corrected chi connectivity index (χ4v) is 3.34. The molecule has 0 fully saturated rings. The summed E-state index contributed by atoms with van der Waals surface area (Å²) in [7, 11) is 0. The average molecular weight is 261 g/mol. The lowest BCUT2D eigenvalue weighted by molar-refractivity contribution is 0.0703. The van der Waals surface area contributed by atoms with Crippen LogP contribution in [0.1, 0.15) is 26.4 Å². The number of aromatic carboxylic acids is 1. The van der Waals surface area contributed by atoms with Crippen molar-refractivity contribution >= 4 is 23.0 Å². The first-order valence-electron chi connectivity index (χ1n) is 5.62. The molecule has 18 heavy (non-hydrogen) atoms. The first-order chi connectivity index (χ1) is 8.43. The van der Waals surface area contributed by atoms with Gasteiger partial charge in [-0.2, -0.15) is 0 Å². The molecule has 0 amide bonds. The third kappa shape index (κ3) is 1.88. The maximum atomic E-state index is 11.1. The smallest absolute Gasteiger partial charge is 0.348 e. The largest absolute Gasteiger partial charge is 0.477 e. The van der Waals surface area contributed by atoms with Crippen molar-refractivity contribution in [2.24, 2.45) is 0 Å². The summed E-state index contributed by atoms with van der Waals surface area (Å²) in [5, 5.41) is 9.12. The van der Waals surface area contributed by atoms with Gasteiger partial charge in [0.25, 0.3) is 0 Å². The highest BCUT2D eigenvalue weighted by molar-refractivity contribution is 7.18. The minimum atomic E-state index is -0.960. The van der Waals surface area contributed by atoms with E-state index in [1.165, 1.54) is 11.3 Å². The molecule has 4 heteroatoms. The van der Waals surface area contributed by atoms with E-state index >= 15 is 0 Å². The van der Waals surface area contributed by atoms with E-state index < -0.39 is 5.97 Å². The van der Waals surface area contributed by atoms with Crippen LogP contribution in [-0.2, 0) is 0 Å². The minimum absolute atomic E-state index is 0.227. The van der Waals surface area contributed by atoms with Crippen molar-refractivity contribution < 1.29 is 9.90 Å². The summed E-state index contributed by atoms with van der Waals surface area (Å²) in [5.41, 5.74) is 10.5. The van der Waals surface area contributed by atoms with E-state index in [1.54, 1.807) is 0 Å². The van der Waals surface area contributed by atoms with Gasteiger partial charge in [-0.3, -0.25) is 0 Å². The number of thiophene rings is 1. The second-order valence-corrected chi connectivity index (χ2v) is 5.39. The number of carbonyl (C=O) groups is 1. The van der Waals surface area contributed by atoms with E-state index in [9.17, 15) is 4.79 Å². The van der Waals surface area contributed by atoms with Crippen LogP contribution in [0, 0.1) is 20.8 Å². The molecular formula is C14H15NO2S. The molecule has 0 radical (unpaired) electrons. The van der Waals surface area contributed by atoms with E-state index in [4.69, 9.17) is 10.8 Å². The fourth-order valence-electron chi connectivity index (χ4n) is 2.10. The normalized spacial score (nSPS) is 10.6. The zero-order valence-corrected chi connectivity index (χ0v) is 11.4. The molecule has 0 saturated carbocycles. The van der Waals surface area contributed by atoms with Gasteiger partial charge in [-0.15, -0.1) is 11.3 Å². The molecule has 3 N–H and O–H groups in total. The van der Waals surface area contributed by atoms with Gasteiger partial charge in [0.05, 0.1) is 5.69 Å². The molecule has 2 rings (SSSR count). The summed E-state index contributed by atoms with van der Waals surface area (Å²) in [4.78, 5) is 12.3. The van der Waals surface area contributed by atoms with Gasteiger partial charge >= 0.3 is 5.97 Å². The second kappa shape index (κ2) is 4.46. The number of carboxylic acid groups (broad SMARTS) is 1. The molecule has 1 aromatic heterocycles. The molecule has 0 atom stereocenters. The van der Waals surface area contributed by atoms with Gasteiger partial charge in [0.1, 0.15) is 4.88 Å². The molecule has 0 spiro atoms. The van der Waals surface area contributed by atoms with Crippen LogP contribution in [0.25, 0.3) is 10.4 Å². The second-order valence-electron chi connectivity index (χ2n) is 4.37. The van der Waals surface area contributed by atoms with Crippen molar-refractivity contribution in [2.45, 2.75) is 20.8 Å². The minimum Gasteiger partial charge on any atom is -0.477 e. The number of carboxylic acids is 1. The number of hydrogen-bond acceptors (Lipinski definition) is 3. The highest BCUT2D eigenvalue weighted by Crippen LogP contribution is 2.40. The van der Waals surface area contributed by atoms with Crippen LogP contribution in [0.15, 0.2) is 18.2 Å². The van der Waals surface area contributed by atoms with E-state index in [2.05, 4.69) is 0 Å². The van der Waals surface area contributed by atoms with Crippen LogP contribution >= 0.6 is 11.3 Å². The Hall–Kier alpha value is -1.81. The number of nitrogen functional groups attached to an aromatic ring is 1. The Labute approximate surface area is 110 Å². The van der Waals surface area contributed by atoms with Crippen LogP contribution in [0.2, 0.25) is 0 Å².